The molecule has 1 unspecified atom stereocenters. The molecular formula is C16H21ClN2O5. The van der Waals surface area contributed by atoms with Gasteiger partial charge in [0.1, 0.15) is 6.54 Å². The predicted octanol–water partition coefficient (Wildman–Crippen LogP) is 1.47. The van der Waals surface area contributed by atoms with Crippen LogP contribution in [0.3, 0.4) is 0 Å². The van der Waals surface area contributed by atoms with Crippen LogP contribution in [0.25, 0.3) is 0 Å². The van der Waals surface area contributed by atoms with Gasteiger partial charge in [-0.15, -0.1) is 0 Å². The molecular weight excluding hydrogens is 336 g/mol. The van der Waals surface area contributed by atoms with Crippen molar-refractivity contribution in [3.63, 3.8) is 0 Å². The van der Waals surface area contributed by atoms with E-state index in [1.165, 1.54) is 18.9 Å². The van der Waals surface area contributed by atoms with Crippen molar-refractivity contribution < 1.29 is 24.2 Å². The van der Waals surface area contributed by atoms with Gasteiger partial charge in [-0.05, 0) is 17.7 Å². The molecule has 132 valence electrons. The first kappa shape index (κ1) is 19.9. The highest BCUT2D eigenvalue weighted by molar-refractivity contribution is 6.30. The maximum Gasteiger partial charge on any atom is 0.323 e. The zero-order chi connectivity index (χ0) is 18.1. The summed E-state index contributed by atoms with van der Waals surface area (Å²) in [6.07, 6.45) is -0.0573. The topological polar surface area (TPSA) is 95.9 Å². The molecule has 0 saturated carbocycles. The standard InChI is InChI=1S/C16H21ClN2O5/c1-11(20)18-14(12-3-5-13(17)6-4-12)9-15(21)19(7-8-24-2)10-16(22)23/h3-6,14H,7-10H2,1-2H3,(H,18,20)(H,22,23). The lowest BCUT2D eigenvalue weighted by Gasteiger charge is -2.24. The van der Waals surface area contributed by atoms with Gasteiger partial charge in [0.2, 0.25) is 11.8 Å². The SMILES string of the molecule is COCCN(CC(=O)O)C(=O)CC(NC(C)=O)c1ccc(Cl)cc1. The largest absolute Gasteiger partial charge is 0.480 e. The predicted molar refractivity (Wildman–Crippen MR) is 88.7 cm³/mol. The minimum Gasteiger partial charge on any atom is -0.480 e. The van der Waals surface area contributed by atoms with Gasteiger partial charge in [-0.3, -0.25) is 14.4 Å². The van der Waals surface area contributed by atoms with E-state index in [9.17, 15) is 14.4 Å². The van der Waals surface area contributed by atoms with Gasteiger partial charge >= 0.3 is 5.97 Å². The van der Waals surface area contributed by atoms with Gasteiger partial charge in [0.15, 0.2) is 0 Å². The highest BCUT2D eigenvalue weighted by atomic mass is 35.5. The van der Waals surface area contributed by atoms with E-state index in [2.05, 4.69) is 5.32 Å². The number of carbonyl (C=O) groups excluding carboxylic acids is 2. The first-order valence-electron chi connectivity index (χ1n) is 7.34. The first-order chi connectivity index (χ1) is 11.3. The third kappa shape index (κ3) is 6.97. The molecule has 1 aromatic rings. The fourth-order valence-electron chi connectivity index (χ4n) is 2.15. The molecule has 0 aromatic heterocycles. The summed E-state index contributed by atoms with van der Waals surface area (Å²) in [5, 5.41) is 12.2. The third-order valence-corrected chi connectivity index (χ3v) is 3.52. The number of halogens is 1. The maximum atomic E-state index is 12.4. The van der Waals surface area contributed by atoms with Crippen LogP contribution in [-0.2, 0) is 19.1 Å². The second-order valence-electron chi connectivity index (χ2n) is 5.21. The van der Waals surface area contributed by atoms with Crippen LogP contribution in [0.1, 0.15) is 24.9 Å². The molecule has 0 spiro atoms. The summed E-state index contributed by atoms with van der Waals surface area (Å²) in [7, 11) is 1.47. The van der Waals surface area contributed by atoms with Gasteiger partial charge in [0, 0.05) is 25.6 Å². The van der Waals surface area contributed by atoms with Gasteiger partial charge in [0.25, 0.3) is 0 Å². The lowest BCUT2D eigenvalue weighted by Crippen LogP contribution is -2.40. The average molecular weight is 357 g/mol. The van der Waals surface area contributed by atoms with E-state index in [0.717, 1.165) is 0 Å². The molecule has 0 fully saturated rings. The molecule has 1 rings (SSSR count). The highest BCUT2D eigenvalue weighted by Gasteiger charge is 2.22. The molecule has 0 heterocycles. The zero-order valence-corrected chi connectivity index (χ0v) is 14.4. The zero-order valence-electron chi connectivity index (χ0n) is 13.6. The molecule has 8 heteroatoms. The van der Waals surface area contributed by atoms with E-state index in [1.807, 2.05) is 0 Å². The van der Waals surface area contributed by atoms with Crippen molar-refractivity contribution in [1.29, 1.82) is 0 Å². The molecule has 2 amide bonds. The monoisotopic (exact) mass is 356 g/mol. The van der Waals surface area contributed by atoms with E-state index in [4.69, 9.17) is 21.4 Å². The Labute approximate surface area is 145 Å². The number of ether oxygens (including phenoxy) is 1. The van der Waals surface area contributed by atoms with E-state index in [0.29, 0.717) is 10.6 Å². The normalized spacial score (nSPS) is 11.6. The number of hydrogen-bond donors (Lipinski definition) is 2. The highest BCUT2D eigenvalue weighted by Crippen LogP contribution is 2.20. The summed E-state index contributed by atoms with van der Waals surface area (Å²) >= 11 is 5.85. The van der Waals surface area contributed by atoms with Crippen molar-refractivity contribution >= 4 is 29.4 Å². The molecule has 0 radical (unpaired) electrons. The number of carboxylic acids is 1. The van der Waals surface area contributed by atoms with Crippen LogP contribution in [0.15, 0.2) is 24.3 Å². The third-order valence-electron chi connectivity index (χ3n) is 3.27. The summed E-state index contributed by atoms with van der Waals surface area (Å²) in [5.74, 6) is -1.78. The van der Waals surface area contributed by atoms with Crippen molar-refractivity contribution in [2.24, 2.45) is 0 Å². The van der Waals surface area contributed by atoms with Crippen molar-refractivity contribution in [3.05, 3.63) is 34.9 Å². The summed E-state index contributed by atoms with van der Waals surface area (Å²) in [4.78, 5) is 36.0. The second-order valence-corrected chi connectivity index (χ2v) is 5.65. The number of nitrogens with one attached hydrogen (secondary N) is 1. The average Bonchev–Trinajstić information content (AvgIpc) is 2.50. The van der Waals surface area contributed by atoms with Gasteiger partial charge in [-0.25, -0.2) is 0 Å². The van der Waals surface area contributed by atoms with Crippen LogP contribution in [0.2, 0.25) is 5.02 Å². The van der Waals surface area contributed by atoms with Gasteiger partial charge < -0.3 is 20.1 Å². The number of carboxylic acid groups (broad SMARTS) is 1. The summed E-state index contributed by atoms with van der Waals surface area (Å²) in [6.45, 7) is 1.32. The summed E-state index contributed by atoms with van der Waals surface area (Å²) in [5.41, 5.74) is 0.713. The smallest absolute Gasteiger partial charge is 0.323 e. The number of nitrogens with zero attached hydrogens (tertiary/aromatic N) is 1. The molecule has 1 atom stereocenters. The Morgan fingerprint density at radius 2 is 1.92 bits per heavy atom. The Morgan fingerprint density at radius 1 is 1.29 bits per heavy atom. The van der Waals surface area contributed by atoms with E-state index >= 15 is 0 Å². The fourth-order valence-corrected chi connectivity index (χ4v) is 2.28. The van der Waals surface area contributed by atoms with Crippen LogP contribution in [0.5, 0.6) is 0 Å². The van der Waals surface area contributed by atoms with Crippen LogP contribution in [-0.4, -0.2) is 54.6 Å². The van der Waals surface area contributed by atoms with Crippen molar-refractivity contribution in [2.45, 2.75) is 19.4 Å². The van der Waals surface area contributed by atoms with Crippen LogP contribution < -0.4 is 5.32 Å². The first-order valence-corrected chi connectivity index (χ1v) is 7.72. The van der Waals surface area contributed by atoms with E-state index in [-0.39, 0.29) is 31.4 Å². The molecule has 0 aliphatic rings. The Balaban J connectivity index is 2.89. The molecule has 0 aliphatic carbocycles. The quantitative estimate of drug-likeness (QED) is 0.698. The van der Waals surface area contributed by atoms with Crippen molar-refractivity contribution in [3.8, 4) is 0 Å². The molecule has 2 N–H and O–H groups in total. The molecule has 0 bridgehead atoms. The number of amides is 2. The van der Waals surface area contributed by atoms with Crippen LogP contribution >= 0.6 is 11.6 Å². The van der Waals surface area contributed by atoms with E-state index < -0.39 is 18.6 Å². The number of carbonyl (C=O) groups is 3. The Morgan fingerprint density at radius 3 is 2.42 bits per heavy atom. The summed E-state index contributed by atoms with van der Waals surface area (Å²) < 4.78 is 4.90. The number of aliphatic carboxylic acids is 1. The summed E-state index contributed by atoms with van der Waals surface area (Å²) in [6, 6.07) is 6.19. The van der Waals surface area contributed by atoms with Gasteiger partial charge in [-0.1, -0.05) is 23.7 Å². The van der Waals surface area contributed by atoms with Crippen LogP contribution in [0, 0.1) is 0 Å². The minimum atomic E-state index is -1.11. The van der Waals surface area contributed by atoms with Crippen molar-refractivity contribution in [2.75, 3.05) is 26.8 Å². The Bertz CT molecular complexity index is 576. The fraction of sp³-hybridized carbons (Fsp3) is 0.438. The molecule has 1 aromatic carbocycles. The number of hydrogen-bond acceptors (Lipinski definition) is 4. The second kappa shape index (κ2) is 9.89. The lowest BCUT2D eigenvalue weighted by molar-refractivity contribution is -0.145. The van der Waals surface area contributed by atoms with Gasteiger partial charge in [-0.2, -0.15) is 0 Å². The van der Waals surface area contributed by atoms with E-state index in [1.54, 1.807) is 24.3 Å². The molecule has 24 heavy (non-hydrogen) atoms. The lowest BCUT2D eigenvalue weighted by atomic mass is 10.0. The molecule has 0 saturated heterocycles. The molecule has 7 nitrogen and oxygen atoms in total. The maximum absolute atomic E-state index is 12.4. The number of benzene rings is 1. The Kier molecular flexibility index (Phi) is 8.21. The van der Waals surface area contributed by atoms with Crippen LogP contribution in [0.4, 0.5) is 0 Å². The van der Waals surface area contributed by atoms with Gasteiger partial charge in [0.05, 0.1) is 19.1 Å². The minimum absolute atomic E-state index is 0.0573. The molecule has 0 aliphatic heterocycles. The number of rotatable bonds is 9. The Hall–Kier alpha value is -2.12. The number of methoxy groups -OCH3 is 1. The van der Waals surface area contributed by atoms with Crippen molar-refractivity contribution in [1.82, 2.24) is 10.2 Å².